The van der Waals surface area contributed by atoms with Crippen LogP contribution in [0.15, 0.2) is 56.8 Å². The Morgan fingerprint density at radius 2 is 1.94 bits per heavy atom. The maximum atomic E-state index is 13.6. The second-order valence-electron chi connectivity index (χ2n) is 9.01. The third kappa shape index (κ3) is 4.43. The van der Waals surface area contributed by atoms with Crippen molar-refractivity contribution in [2.75, 3.05) is 7.11 Å². The molecule has 1 saturated carbocycles. The van der Waals surface area contributed by atoms with Crippen LogP contribution >= 0.6 is 15.9 Å². The van der Waals surface area contributed by atoms with Gasteiger partial charge in [0, 0.05) is 32.6 Å². The van der Waals surface area contributed by atoms with E-state index in [2.05, 4.69) is 15.9 Å². The molecule has 8 heteroatoms. The molecule has 0 bridgehead atoms. The fraction of sp³-hybridized carbons (Fsp3) is 0.333. The lowest BCUT2D eigenvalue weighted by atomic mass is 9.88. The number of nitrogens with zero attached hydrogens (tertiary/aromatic N) is 4. The monoisotopic (exact) mass is 534 g/mol. The first-order valence-electron chi connectivity index (χ1n) is 11.9. The number of hydrogen-bond acceptors (Lipinski definition) is 5. The van der Waals surface area contributed by atoms with Crippen LogP contribution in [-0.2, 0) is 16.1 Å². The Kier molecular flexibility index (Phi) is 6.56. The molecular weight excluding hydrogens is 508 g/mol. The van der Waals surface area contributed by atoms with Gasteiger partial charge in [-0.15, -0.1) is 0 Å². The molecule has 35 heavy (non-hydrogen) atoms. The van der Waals surface area contributed by atoms with Crippen LogP contribution in [0.25, 0.3) is 21.8 Å². The molecule has 0 atom stereocenters. The van der Waals surface area contributed by atoms with Crippen molar-refractivity contribution in [2.45, 2.75) is 51.5 Å². The Labute approximate surface area is 211 Å². The first-order chi connectivity index (χ1) is 17.0. The van der Waals surface area contributed by atoms with Gasteiger partial charge in [-0.2, -0.15) is 9.78 Å². The molecule has 0 aliphatic heterocycles. The maximum absolute atomic E-state index is 13.6. The molecule has 180 valence electrons. The zero-order valence-electron chi connectivity index (χ0n) is 19.8. The summed E-state index contributed by atoms with van der Waals surface area (Å²) in [7, 11) is 1.38. The van der Waals surface area contributed by atoms with E-state index < -0.39 is 0 Å². The van der Waals surface area contributed by atoms with Gasteiger partial charge < -0.3 is 9.30 Å². The smallest absolute Gasteiger partial charge is 0.325 e. The minimum Gasteiger partial charge on any atom is -0.468 e. The van der Waals surface area contributed by atoms with Gasteiger partial charge in [-0.1, -0.05) is 53.4 Å². The molecule has 0 N–H and O–H groups in total. The molecular formula is C27H27BrN4O3. The zero-order chi connectivity index (χ0) is 24.5. The topological polar surface area (TPSA) is 78.5 Å². The van der Waals surface area contributed by atoms with Gasteiger partial charge in [0.2, 0.25) is 0 Å². The second kappa shape index (κ2) is 9.77. The molecule has 0 spiro atoms. The van der Waals surface area contributed by atoms with Crippen molar-refractivity contribution >= 4 is 49.9 Å². The van der Waals surface area contributed by atoms with Gasteiger partial charge in [-0.3, -0.25) is 9.59 Å². The molecule has 2 aromatic carbocycles. The quantitative estimate of drug-likeness (QED) is 0.249. The van der Waals surface area contributed by atoms with E-state index >= 15 is 0 Å². The SMILES string of the molecule is COC(=O)Cn1c(C)c(C=Nn2c(C3CCCCC3)nc3ccc(Br)cc3c2=O)c2ccccc21. The van der Waals surface area contributed by atoms with Gasteiger partial charge in [0.25, 0.3) is 5.56 Å². The standard InChI is InChI=1S/C27H27BrN4O3/c1-17-22(20-10-6-7-11-24(20)31(17)16-25(33)35-2)15-29-32-26(18-8-4-3-5-9-18)30-23-13-12-19(28)14-21(23)27(32)34/h6-7,10-15,18H,3-5,8-9,16H2,1-2H3. The summed E-state index contributed by atoms with van der Waals surface area (Å²) in [5.74, 6) is 0.595. The third-order valence-electron chi connectivity index (χ3n) is 6.90. The number of esters is 1. The molecule has 2 heterocycles. The Balaban J connectivity index is 1.68. The van der Waals surface area contributed by atoms with E-state index in [1.807, 2.05) is 47.9 Å². The van der Waals surface area contributed by atoms with E-state index in [4.69, 9.17) is 14.8 Å². The maximum Gasteiger partial charge on any atom is 0.325 e. The van der Waals surface area contributed by atoms with Crippen LogP contribution in [0.4, 0.5) is 0 Å². The molecule has 0 unspecified atom stereocenters. The van der Waals surface area contributed by atoms with Crippen LogP contribution in [-0.4, -0.2) is 33.5 Å². The lowest BCUT2D eigenvalue weighted by Gasteiger charge is -2.22. The predicted octanol–water partition coefficient (Wildman–Crippen LogP) is 5.53. The molecule has 5 rings (SSSR count). The lowest BCUT2D eigenvalue weighted by molar-refractivity contribution is -0.141. The first-order valence-corrected chi connectivity index (χ1v) is 12.7. The average molecular weight is 535 g/mol. The van der Waals surface area contributed by atoms with Crippen molar-refractivity contribution in [3.8, 4) is 0 Å². The number of hydrogen-bond donors (Lipinski definition) is 0. The van der Waals surface area contributed by atoms with Crippen LogP contribution in [0.5, 0.6) is 0 Å². The predicted molar refractivity (Wildman–Crippen MR) is 141 cm³/mol. The number of ether oxygens (including phenoxy) is 1. The molecule has 4 aromatic rings. The summed E-state index contributed by atoms with van der Waals surface area (Å²) in [6.07, 6.45) is 7.20. The van der Waals surface area contributed by atoms with Gasteiger partial charge in [0.05, 0.1) is 24.2 Å². The highest BCUT2D eigenvalue weighted by Crippen LogP contribution is 2.32. The number of benzene rings is 2. The Morgan fingerprint density at radius 1 is 1.17 bits per heavy atom. The van der Waals surface area contributed by atoms with E-state index in [-0.39, 0.29) is 24.0 Å². The first kappa shape index (κ1) is 23.5. The largest absolute Gasteiger partial charge is 0.468 e. The fourth-order valence-electron chi connectivity index (χ4n) is 5.04. The fourth-order valence-corrected chi connectivity index (χ4v) is 5.40. The minimum absolute atomic E-state index is 0.107. The summed E-state index contributed by atoms with van der Waals surface area (Å²) in [6, 6.07) is 13.5. The number of para-hydroxylation sites is 1. The van der Waals surface area contributed by atoms with Crippen molar-refractivity contribution < 1.29 is 9.53 Å². The number of fused-ring (bicyclic) bond motifs is 2. The zero-order valence-corrected chi connectivity index (χ0v) is 21.4. The Morgan fingerprint density at radius 3 is 2.71 bits per heavy atom. The average Bonchev–Trinajstić information content (AvgIpc) is 3.14. The highest BCUT2D eigenvalue weighted by molar-refractivity contribution is 9.10. The van der Waals surface area contributed by atoms with Gasteiger partial charge in [0.1, 0.15) is 12.4 Å². The molecule has 0 radical (unpaired) electrons. The van der Waals surface area contributed by atoms with Crippen molar-refractivity contribution in [1.29, 1.82) is 0 Å². The molecule has 0 amide bonds. The summed E-state index contributed by atoms with van der Waals surface area (Å²) >= 11 is 3.47. The van der Waals surface area contributed by atoms with Crippen LogP contribution in [0.1, 0.15) is 55.1 Å². The molecule has 1 aliphatic rings. The Hall–Kier alpha value is -3.26. The molecule has 1 aliphatic carbocycles. The van der Waals surface area contributed by atoms with Crippen molar-refractivity contribution in [2.24, 2.45) is 5.10 Å². The Bertz CT molecular complexity index is 1510. The second-order valence-corrected chi connectivity index (χ2v) is 9.92. The minimum atomic E-state index is -0.322. The molecule has 1 fully saturated rings. The lowest BCUT2D eigenvalue weighted by Crippen LogP contribution is -2.25. The van der Waals surface area contributed by atoms with E-state index in [1.165, 1.54) is 18.2 Å². The number of halogens is 1. The van der Waals surface area contributed by atoms with Crippen LogP contribution in [0.2, 0.25) is 0 Å². The van der Waals surface area contributed by atoms with E-state index in [9.17, 15) is 9.59 Å². The van der Waals surface area contributed by atoms with Gasteiger partial charge in [-0.25, -0.2) is 4.98 Å². The van der Waals surface area contributed by atoms with E-state index in [0.29, 0.717) is 10.9 Å². The van der Waals surface area contributed by atoms with Crippen LogP contribution < -0.4 is 5.56 Å². The number of carbonyl (C=O) groups is 1. The summed E-state index contributed by atoms with van der Waals surface area (Å²) in [6.45, 7) is 2.06. The summed E-state index contributed by atoms with van der Waals surface area (Å²) < 4.78 is 9.12. The van der Waals surface area contributed by atoms with E-state index in [1.54, 1.807) is 12.3 Å². The molecule has 0 saturated heterocycles. The summed E-state index contributed by atoms with van der Waals surface area (Å²) in [5, 5.41) is 6.21. The number of rotatable bonds is 5. The number of methoxy groups -OCH3 is 1. The summed E-state index contributed by atoms with van der Waals surface area (Å²) in [5.41, 5.74) is 3.17. The number of aromatic nitrogens is 3. The normalized spacial score (nSPS) is 14.8. The van der Waals surface area contributed by atoms with Gasteiger partial charge in [0.15, 0.2) is 0 Å². The molecule has 2 aromatic heterocycles. The van der Waals surface area contributed by atoms with Crippen molar-refractivity contribution in [1.82, 2.24) is 14.2 Å². The highest BCUT2D eigenvalue weighted by atomic mass is 79.9. The van der Waals surface area contributed by atoms with E-state index in [0.717, 1.165) is 58.1 Å². The van der Waals surface area contributed by atoms with Crippen molar-refractivity contribution in [3.63, 3.8) is 0 Å². The summed E-state index contributed by atoms with van der Waals surface area (Å²) in [4.78, 5) is 30.6. The van der Waals surface area contributed by atoms with Crippen molar-refractivity contribution in [3.05, 3.63) is 74.4 Å². The molecule has 7 nitrogen and oxygen atoms in total. The highest BCUT2D eigenvalue weighted by Gasteiger charge is 2.23. The van der Waals surface area contributed by atoms with Crippen LogP contribution in [0.3, 0.4) is 0 Å². The van der Waals surface area contributed by atoms with Gasteiger partial charge in [-0.05, 0) is 44.0 Å². The van der Waals surface area contributed by atoms with Crippen LogP contribution in [0, 0.1) is 6.92 Å². The third-order valence-corrected chi connectivity index (χ3v) is 7.39. The van der Waals surface area contributed by atoms with Gasteiger partial charge >= 0.3 is 5.97 Å². The number of carbonyl (C=O) groups excluding carboxylic acids is 1.